The molecule has 3 fully saturated rings. The highest BCUT2D eigenvalue weighted by Crippen LogP contribution is 2.68. The average Bonchev–Trinajstić information content (AvgIpc) is 2.85. The quantitative estimate of drug-likeness (QED) is 0.701. The van der Waals surface area contributed by atoms with Crippen molar-refractivity contribution in [1.82, 2.24) is 0 Å². The highest BCUT2D eigenvalue weighted by molar-refractivity contribution is 5.99. The molecule has 0 amide bonds. The van der Waals surface area contributed by atoms with Gasteiger partial charge in [-0.15, -0.1) is 0 Å². The Bertz CT molecular complexity index is 454. The van der Waals surface area contributed by atoms with E-state index in [2.05, 4.69) is 0 Å². The van der Waals surface area contributed by atoms with Crippen LogP contribution < -0.4 is 0 Å². The first-order chi connectivity index (χ1) is 8.62. The highest BCUT2D eigenvalue weighted by atomic mass is 16.7. The molecule has 4 nitrogen and oxygen atoms in total. The summed E-state index contributed by atoms with van der Waals surface area (Å²) in [5, 5.41) is 10.7. The second-order valence-corrected chi connectivity index (χ2v) is 6.00. The number of fused-ring (bicyclic) bond motifs is 2. The Kier molecular flexibility index (Phi) is 2.01. The SMILES string of the molecule is CC1=C2C(=O)CC[C@H]2[C@@H](O)C2(OCCO2)C12CC2. The van der Waals surface area contributed by atoms with E-state index in [-0.39, 0.29) is 17.1 Å². The lowest BCUT2D eigenvalue weighted by molar-refractivity contribution is -0.267. The van der Waals surface area contributed by atoms with Gasteiger partial charge >= 0.3 is 0 Å². The van der Waals surface area contributed by atoms with Crippen molar-refractivity contribution in [3.63, 3.8) is 0 Å². The van der Waals surface area contributed by atoms with Crippen LogP contribution in [-0.4, -0.2) is 36.0 Å². The molecule has 0 aromatic rings. The van der Waals surface area contributed by atoms with Gasteiger partial charge in [0.05, 0.1) is 13.2 Å². The van der Waals surface area contributed by atoms with Gasteiger partial charge in [-0.05, 0) is 26.2 Å². The summed E-state index contributed by atoms with van der Waals surface area (Å²) in [6.07, 6.45) is 2.52. The lowest BCUT2D eigenvalue weighted by atomic mass is 9.69. The standard InChI is InChI=1S/C14H18O4/c1-8-11-9(2-3-10(11)15)12(16)14(13(8)4-5-13)17-6-7-18-14/h9,12,16H,2-7H2,1H3/t9-,12-/m1/s1. The molecular formula is C14H18O4. The third-order valence-corrected chi connectivity index (χ3v) is 5.38. The van der Waals surface area contributed by atoms with E-state index in [1.54, 1.807) is 0 Å². The molecule has 0 aromatic carbocycles. The molecule has 4 heteroatoms. The van der Waals surface area contributed by atoms with Gasteiger partial charge in [-0.1, -0.05) is 5.57 Å². The van der Waals surface area contributed by atoms with E-state index in [0.717, 1.165) is 30.4 Å². The summed E-state index contributed by atoms with van der Waals surface area (Å²) in [6, 6.07) is 0. The zero-order chi connectivity index (χ0) is 12.5. The van der Waals surface area contributed by atoms with Crippen LogP contribution in [0.1, 0.15) is 32.6 Å². The predicted octanol–water partition coefficient (Wildman–Crippen LogP) is 1.18. The molecule has 0 aromatic heterocycles. The molecule has 4 aliphatic rings. The molecule has 1 aliphatic heterocycles. The van der Waals surface area contributed by atoms with Crippen LogP contribution in [0.5, 0.6) is 0 Å². The van der Waals surface area contributed by atoms with Crippen LogP contribution in [0.4, 0.5) is 0 Å². The van der Waals surface area contributed by atoms with E-state index < -0.39 is 11.9 Å². The molecule has 2 spiro atoms. The fourth-order valence-corrected chi connectivity index (χ4v) is 4.37. The molecule has 0 bridgehead atoms. The van der Waals surface area contributed by atoms with Crippen molar-refractivity contribution in [2.75, 3.05) is 13.2 Å². The average molecular weight is 250 g/mol. The summed E-state index contributed by atoms with van der Waals surface area (Å²) in [5.74, 6) is -0.729. The minimum atomic E-state index is -0.865. The molecule has 2 atom stereocenters. The molecule has 0 unspecified atom stereocenters. The summed E-state index contributed by atoms with van der Waals surface area (Å²) in [4.78, 5) is 12.0. The summed E-state index contributed by atoms with van der Waals surface area (Å²) in [7, 11) is 0. The fraction of sp³-hybridized carbons (Fsp3) is 0.786. The van der Waals surface area contributed by atoms with E-state index in [4.69, 9.17) is 9.47 Å². The number of hydrogen-bond donors (Lipinski definition) is 1. The van der Waals surface area contributed by atoms with Crippen LogP contribution in [0.15, 0.2) is 11.1 Å². The molecule has 1 N–H and O–H groups in total. The number of ketones is 1. The number of hydrogen-bond acceptors (Lipinski definition) is 4. The highest BCUT2D eigenvalue weighted by Gasteiger charge is 2.72. The van der Waals surface area contributed by atoms with Crippen molar-refractivity contribution in [2.24, 2.45) is 11.3 Å². The smallest absolute Gasteiger partial charge is 0.204 e. The van der Waals surface area contributed by atoms with Gasteiger partial charge < -0.3 is 14.6 Å². The molecule has 3 aliphatic carbocycles. The number of Topliss-reactive ketones (excluding diaryl/α,β-unsaturated/α-hetero) is 1. The van der Waals surface area contributed by atoms with E-state index in [0.29, 0.717) is 19.6 Å². The number of carbonyl (C=O) groups excluding carboxylic acids is 1. The van der Waals surface area contributed by atoms with E-state index >= 15 is 0 Å². The third kappa shape index (κ3) is 1.02. The first-order valence-corrected chi connectivity index (χ1v) is 6.83. The van der Waals surface area contributed by atoms with Crippen LogP contribution in [0.2, 0.25) is 0 Å². The van der Waals surface area contributed by atoms with Gasteiger partial charge in [0.2, 0.25) is 5.79 Å². The van der Waals surface area contributed by atoms with E-state index in [9.17, 15) is 9.90 Å². The second kappa shape index (κ2) is 3.24. The van der Waals surface area contributed by atoms with Gasteiger partial charge in [0.1, 0.15) is 6.10 Å². The van der Waals surface area contributed by atoms with Crippen LogP contribution >= 0.6 is 0 Å². The lowest BCUT2D eigenvalue weighted by Crippen LogP contribution is -2.57. The minimum Gasteiger partial charge on any atom is -0.387 e. The van der Waals surface area contributed by atoms with Crippen molar-refractivity contribution < 1.29 is 19.4 Å². The molecule has 0 radical (unpaired) electrons. The topological polar surface area (TPSA) is 55.8 Å². The number of carbonyl (C=O) groups is 1. The Balaban J connectivity index is 1.91. The third-order valence-electron chi connectivity index (χ3n) is 5.38. The largest absolute Gasteiger partial charge is 0.387 e. The molecule has 98 valence electrons. The Morgan fingerprint density at radius 3 is 2.56 bits per heavy atom. The second-order valence-electron chi connectivity index (χ2n) is 6.00. The fourth-order valence-electron chi connectivity index (χ4n) is 4.37. The number of aliphatic hydroxyl groups excluding tert-OH is 1. The maximum absolute atomic E-state index is 12.0. The van der Waals surface area contributed by atoms with Crippen LogP contribution in [-0.2, 0) is 14.3 Å². The molecule has 18 heavy (non-hydrogen) atoms. The maximum Gasteiger partial charge on any atom is 0.204 e. The van der Waals surface area contributed by atoms with Gasteiger partial charge in [0, 0.05) is 23.3 Å². The monoisotopic (exact) mass is 250 g/mol. The minimum absolute atomic E-state index is 0.0816. The molecule has 1 saturated heterocycles. The van der Waals surface area contributed by atoms with E-state index in [1.165, 1.54) is 0 Å². The van der Waals surface area contributed by atoms with Gasteiger partial charge in [-0.25, -0.2) is 0 Å². The summed E-state index contributed by atoms with van der Waals surface area (Å²) in [5.41, 5.74) is 1.78. The van der Waals surface area contributed by atoms with Crippen molar-refractivity contribution in [2.45, 2.75) is 44.5 Å². The molecule has 4 rings (SSSR count). The first kappa shape index (κ1) is 11.1. The predicted molar refractivity (Wildman–Crippen MR) is 62.7 cm³/mol. The maximum atomic E-state index is 12.0. The van der Waals surface area contributed by atoms with Crippen molar-refractivity contribution in [1.29, 1.82) is 0 Å². The van der Waals surface area contributed by atoms with Crippen LogP contribution in [0.3, 0.4) is 0 Å². The summed E-state index contributed by atoms with van der Waals surface area (Å²) >= 11 is 0. The number of ether oxygens (including phenoxy) is 2. The van der Waals surface area contributed by atoms with Gasteiger partial charge in [0.25, 0.3) is 0 Å². The first-order valence-electron chi connectivity index (χ1n) is 6.83. The van der Waals surface area contributed by atoms with Gasteiger partial charge in [0.15, 0.2) is 5.78 Å². The van der Waals surface area contributed by atoms with Gasteiger partial charge in [-0.3, -0.25) is 4.79 Å². The summed E-state index contributed by atoms with van der Waals surface area (Å²) < 4.78 is 11.7. The van der Waals surface area contributed by atoms with Crippen molar-refractivity contribution in [3.05, 3.63) is 11.1 Å². The molecule has 1 heterocycles. The van der Waals surface area contributed by atoms with Crippen LogP contribution in [0, 0.1) is 11.3 Å². The van der Waals surface area contributed by atoms with Crippen LogP contribution in [0.25, 0.3) is 0 Å². The molecule has 2 saturated carbocycles. The number of rotatable bonds is 0. The Labute approximate surface area is 106 Å². The Morgan fingerprint density at radius 2 is 1.94 bits per heavy atom. The summed E-state index contributed by atoms with van der Waals surface area (Å²) in [6.45, 7) is 3.13. The zero-order valence-corrected chi connectivity index (χ0v) is 10.6. The van der Waals surface area contributed by atoms with Crippen molar-refractivity contribution in [3.8, 4) is 0 Å². The lowest BCUT2D eigenvalue weighted by Gasteiger charge is -2.47. The normalized spacial score (nSPS) is 39.8. The van der Waals surface area contributed by atoms with Gasteiger partial charge in [-0.2, -0.15) is 0 Å². The zero-order valence-electron chi connectivity index (χ0n) is 10.6. The molecular weight excluding hydrogens is 232 g/mol. The number of aliphatic hydroxyl groups is 1. The van der Waals surface area contributed by atoms with Crippen molar-refractivity contribution >= 4 is 5.78 Å². The Morgan fingerprint density at radius 1 is 1.28 bits per heavy atom. The Hall–Kier alpha value is -0.710. The van der Waals surface area contributed by atoms with E-state index in [1.807, 2.05) is 6.92 Å².